The van der Waals surface area contributed by atoms with E-state index >= 15 is 0 Å². The van der Waals surface area contributed by atoms with Gasteiger partial charge in [-0.3, -0.25) is 4.79 Å². The molecule has 0 saturated carbocycles. The number of benzene rings is 6. The highest BCUT2D eigenvalue weighted by Crippen LogP contribution is 2.56. The molecule has 0 atom stereocenters. The molecule has 6 aromatic carbocycles. The number of nitrogens with zero attached hydrogens (tertiary/aromatic N) is 4. The average molecular weight is 1190 g/mol. The number of aryl methyl sites for hydroxylation is 6. The monoisotopic (exact) mass is 1190 g/mol. The number of fused-ring (bicyclic) bond motifs is 10. The Labute approximate surface area is 526 Å². The number of carbonyl (C=O) groups excluding carboxylic acids is 1. The van der Waals surface area contributed by atoms with Gasteiger partial charge in [-0.25, -0.2) is 19.7 Å². The van der Waals surface area contributed by atoms with E-state index in [0.717, 1.165) is 139 Å². The lowest BCUT2D eigenvalue weighted by Crippen LogP contribution is -2.28. The van der Waals surface area contributed by atoms with E-state index in [1.54, 1.807) is 18.6 Å². The Kier molecular flexibility index (Phi) is 14.3. The summed E-state index contributed by atoms with van der Waals surface area (Å²) in [5.74, 6) is -0.373. The molecule has 10 aromatic rings. The summed E-state index contributed by atoms with van der Waals surface area (Å²) in [4.78, 5) is 51.8. The standard InChI is InChI=1S/C79H75N7O4/c1-43-32-45(3)67(46(4)33-43)71-63-26-22-59(81-63)69(53-20-15-16-21-58(53)85-75(87)50-19-17-18-49(36-50)41-86-31-30-80-42-86)60-23-27-64(82-60)72(68-47(5)34-44(2)35-48(68)6)66-29-25-62(84-66)70(61-24-28-65(71)83-61)54-37-51(77(7,8)9)39-56-73(54)90-74-55(76(88)89)38-52(78(10,11)12)40-57(74)79(56,13)14/h15-40,42,81,84H,41H2,1-14H3,(H,85,87)(H,88,89). The van der Waals surface area contributed by atoms with Crippen molar-refractivity contribution in [3.63, 3.8) is 0 Å². The molecule has 450 valence electrons. The highest BCUT2D eigenvalue weighted by molar-refractivity contribution is 6.09. The first kappa shape index (κ1) is 58.9. The van der Waals surface area contributed by atoms with Crippen LogP contribution in [0.1, 0.15) is 160 Å². The fourth-order valence-corrected chi connectivity index (χ4v) is 13.7. The van der Waals surface area contributed by atoms with Crippen LogP contribution in [-0.2, 0) is 22.8 Å². The summed E-state index contributed by atoms with van der Waals surface area (Å²) < 4.78 is 9.27. The molecular formula is C79H75N7O4. The van der Waals surface area contributed by atoms with Gasteiger partial charge in [0.15, 0.2) is 0 Å². The third kappa shape index (κ3) is 10.4. The summed E-state index contributed by atoms with van der Waals surface area (Å²) in [5, 5.41) is 14.4. The smallest absolute Gasteiger partial charge is 0.339 e. The van der Waals surface area contributed by atoms with E-state index in [1.165, 1.54) is 0 Å². The molecule has 7 heterocycles. The number of anilines is 1. The van der Waals surface area contributed by atoms with E-state index in [-0.39, 0.29) is 22.3 Å². The number of carbonyl (C=O) groups is 2. The van der Waals surface area contributed by atoms with Gasteiger partial charge in [0.2, 0.25) is 0 Å². The fraction of sp³-hybridized carbons (Fsp3) is 0.228. The minimum Gasteiger partial charge on any atom is -0.478 e. The largest absolute Gasteiger partial charge is 0.478 e. The van der Waals surface area contributed by atoms with Crippen LogP contribution in [0, 0.1) is 41.5 Å². The Morgan fingerprint density at radius 1 is 0.556 bits per heavy atom. The first-order chi connectivity index (χ1) is 42.8. The fourth-order valence-electron chi connectivity index (χ4n) is 13.7. The van der Waals surface area contributed by atoms with Crippen molar-refractivity contribution in [3.8, 4) is 56.0 Å². The van der Waals surface area contributed by atoms with Crippen LogP contribution in [0.25, 0.3) is 90.9 Å². The molecule has 0 spiro atoms. The Morgan fingerprint density at radius 2 is 1.04 bits per heavy atom. The normalized spacial score (nSPS) is 13.3. The van der Waals surface area contributed by atoms with E-state index in [9.17, 15) is 14.7 Å². The van der Waals surface area contributed by atoms with Crippen molar-refractivity contribution in [1.82, 2.24) is 29.5 Å². The molecule has 0 unspecified atom stereocenters. The Balaban J connectivity index is 1.14. The van der Waals surface area contributed by atoms with Crippen molar-refractivity contribution in [3.05, 3.63) is 235 Å². The summed E-state index contributed by atoms with van der Waals surface area (Å²) in [6.45, 7) is 30.9. The molecule has 11 heteroatoms. The van der Waals surface area contributed by atoms with Crippen LogP contribution in [0.4, 0.5) is 5.69 Å². The van der Waals surface area contributed by atoms with Crippen molar-refractivity contribution >= 4 is 63.9 Å². The van der Waals surface area contributed by atoms with Gasteiger partial charge in [0.05, 0.1) is 29.1 Å². The number of ether oxygens (including phenoxy) is 1. The summed E-state index contributed by atoms with van der Waals surface area (Å²) in [7, 11) is 0. The lowest BCUT2D eigenvalue weighted by atomic mass is 9.70. The van der Waals surface area contributed by atoms with Crippen LogP contribution in [0.15, 0.2) is 140 Å². The molecule has 8 bridgehead atoms. The van der Waals surface area contributed by atoms with Crippen LogP contribution < -0.4 is 10.1 Å². The number of nitrogens with one attached hydrogen (secondary N) is 3. The van der Waals surface area contributed by atoms with Crippen molar-refractivity contribution in [2.24, 2.45) is 0 Å². The van der Waals surface area contributed by atoms with Crippen LogP contribution >= 0.6 is 0 Å². The van der Waals surface area contributed by atoms with Crippen molar-refractivity contribution in [1.29, 1.82) is 0 Å². The zero-order valence-corrected chi connectivity index (χ0v) is 53.8. The van der Waals surface area contributed by atoms with Crippen LogP contribution in [0.5, 0.6) is 11.5 Å². The second-order valence-corrected chi connectivity index (χ2v) is 27.3. The maximum atomic E-state index is 14.6. The first-order valence-corrected chi connectivity index (χ1v) is 30.9. The maximum absolute atomic E-state index is 14.6. The van der Waals surface area contributed by atoms with Gasteiger partial charge in [0.25, 0.3) is 5.91 Å². The van der Waals surface area contributed by atoms with E-state index in [4.69, 9.17) is 14.7 Å². The molecular weight excluding hydrogens is 1110 g/mol. The van der Waals surface area contributed by atoms with Gasteiger partial charge >= 0.3 is 5.97 Å². The van der Waals surface area contributed by atoms with Crippen molar-refractivity contribution < 1.29 is 19.4 Å². The number of H-pyrrole nitrogens is 2. The SMILES string of the molecule is Cc1cc(C)c(-c2c3nc(c(-c4cc(C(C)(C)C)cc5c4Oc4c(C(=O)O)cc(C(C)(C)C)cc4C5(C)C)c4ccc([nH]4)c(-c4c(C)cc(C)cc4C)c4nc(c(-c5ccccc5NC(=O)c5cccc(Cn6ccnc6)c5)c5ccc2[nH]5)C=C4)C=C3)c(C)c1. The number of carboxylic acids is 1. The van der Waals surface area contributed by atoms with Gasteiger partial charge < -0.3 is 29.7 Å². The Hall–Kier alpha value is -10.1. The number of amides is 1. The van der Waals surface area contributed by atoms with Gasteiger partial charge in [-0.05, 0) is 181 Å². The summed E-state index contributed by atoms with van der Waals surface area (Å²) in [5.41, 5.74) is 24.6. The van der Waals surface area contributed by atoms with Gasteiger partial charge in [-0.2, -0.15) is 0 Å². The number of rotatable bonds is 9. The molecule has 0 aliphatic carbocycles. The third-order valence-electron chi connectivity index (χ3n) is 18.1. The number of carboxylic acid groups (broad SMARTS) is 1. The molecule has 3 aliphatic rings. The van der Waals surface area contributed by atoms with Gasteiger partial charge in [0.1, 0.15) is 17.1 Å². The average Bonchev–Trinajstić information content (AvgIpc) is 0.849. The number of aromatic nitrogens is 6. The van der Waals surface area contributed by atoms with Gasteiger partial charge in [-0.1, -0.05) is 133 Å². The summed E-state index contributed by atoms with van der Waals surface area (Å²) in [6.07, 6.45) is 13.8. The van der Waals surface area contributed by atoms with E-state index < -0.39 is 11.4 Å². The Bertz CT molecular complexity index is 4810. The number of hydrogen-bond acceptors (Lipinski definition) is 6. The number of imidazole rings is 1. The van der Waals surface area contributed by atoms with Crippen LogP contribution in [0.2, 0.25) is 0 Å². The summed E-state index contributed by atoms with van der Waals surface area (Å²) in [6, 6.07) is 41.5. The van der Waals surface area contributed by atoms with E-state index in [2.05, 4.69) is 208 Å². The first-order valence-electron chi connectivity index (χ1n) is 30.9. The predicted octanol–water partition coefficient (Wildman–Crippen LogP) is 19.4. The topological polar surface area (TPSA) is 151 Å². The highest BCUT2D eigenvalue weighted by atomic mass is 16.5. The number of para-hydroxylation sites is 1. The van der Waals surface area contributed by atoms with Crippen LogP contribution in [-0.4, -0.2) is 46.5 Å². The minimum absolute atomic E-state index is 0.121. The third-order valence-corrected chi connectivity index (χ3v) is 18.1. The van der Waals surface area contributed by atoms with E-state index in [1.807, 2.05) is 59.3 Å². The van der Waals surface area contributed by atoms with Gasteiger partial charge in [0, 0.05) is 102 Å². The molecule has 90 heavy (non-hydrogen) atoms. The van der Waals surface area contributed by atoms with Crippen molar-refractivity contribution in [2.45, 2.75) is 120 Å². The predicted molar refractivity (Wildman–Crippen MR) is 368 cm³/mol. The maximum Gasteiger partial charge on any atom is 0.339 e. The van der Waals surface area contributed by atoms with Gasteiger partial charge in [-0.15, -0.1) is 0 Å². The quantitative estimate of drug-likeness (QED) is 0.112. The zero-order valence-electron chi connectivity index (χ0n) is 53.8. The molecule has 4 aromatic heterocycles. The molecule has 11 nitrogen and oxygen atoms in total. The minimum atomic E-state index is -1.05. The highest BCUT2D eigenvalue weighted by Gasteiger charge is 2.41. The summed E-state index contributed by atoms with van der Waals surface area (Å²) >= 11 is 0. The van der Waals surface area contributed by atoms with Crippen molar-refractivity contribution in [2.75, 3.05) is 5.32 Å². The molecule has 0 saturated heterocycles. The second kappa shape index (κ2) is 21.9. The second-order valence-electron chi connectivity index (χ2n) is 27.3. The lowest BCUT2D eigenvalue weighted by Gasteiger charge is -2.38. The Morgan fingerprint density at radius 3 is 1.56 bits per heavy atom. The number of aromatic carboxylic acids is 1. The lowest BCUT2D eigenvalue weighted by molar-refractivity contribution is 0.0693. The molecule has 0 radical (unpaired) electrons. The van der Waals surface area contributed by atoms with E-state index in [0.29, 0.717) is 40.7 Å². The molecule has 0 fully saturated rings. The number of aromatic amines is 2. The molecule has 4 N–H and O–H groups in total. The molecule has 1 amide bonds. The molecule has 13 rings (SSSR count). The molecule has 3 aliphatic heterocycles. The van der Waals surface area contributed by atoms with Crippen LogP contribution in [0.3, 0.4) is 0 Å². The number of hydrogen-bond donors (Lipinski definition) is 4. The zero-order chi connectivity index (χ0) is 63.5.